The summed E-state index contributed by atoms with van der Waals surface area (Å²) >= 11 is 0. The molecule has 0 spiro atoms. The number of methoxy groups -OCH3 is 3. The van der Waals surface area contributed by atoms with Crippen molar-refractivity contribution in [3.63, 3.8) is 0 Å². The van der Waals surface area contributed by atoms with Crippen molar-refractivity contribution in [3.8, 4) is 28.4 Å². The normalized spacial score (nSPS) is 11.4. The zero-order chi connectivity index (χ0) is 24.2. The molecule has 1 amide bonds. The Bertz CT molecular complexity index is 1380. The van der Waals surface area contributed by atoms with Crippen LogP contribution in [0.5, 0.6) is 17.2 Å². The van der Waals surface area contributed by atoms with Crippen LogP contribution in [0.25, 0.3) is 27.7 Å². The number of nitrogens with one attached hydrogen (secondary N) is 1. The molecule has 0 aliphatic heterocycles. The van der Waals surface area contributed by atoms with Crippen molar-refractivity contribution >= 4 is 28.1 Å². The third-order valence-electron chi connectivity index (χ3n) is 5.78. The van der Waals surface area contributed by atoms with Crippen LogP contribution in [0.3, 0.4) is 0 Å². The molecule has 0 aliphatic carbocycles. The van der Waals surface area contributed by atoms with E-state index in [1.807, 2.05) is 56.3 Å². The summed E-state index contributed by atoms with van der Waals surface area (Å²) in [5, 5.41) is 3.80. The molecule has 0 radical (unpaired) electrons. The Hall–Kier alpha value is -4.19. The first-order chi connectivity index (χ1) is 16.5. The molecule has 0 saturated carbocycles. The van der Waals surface area contributed by atoms with Crippen LogP contribution in [0.15, 0.2) is 71.4 Å². The Morgan fingerprint density at radius 1 is 0.912 bits per heavy atom. The fraction of sp³-hybridized carbons (Fsp3) is 0.179. The van der Waals surface area contributed by atoms with Crippen molar-refractivity contribution in [1.29, 1.82) is 0 Å². The molecule has 6 nitrogen and oxygen atoms in total. The highest BCUT2D eigenvalue weighted by molar-refractivity contribution is 6.06. The molecule has 0 bridgehead atoms. The molecule has 0 unspecified atom stereocenters. The maximum absolute atomic E-state index is 12.8. The van der Waals surface area contributed by atoms with Crippen molar-refractivity contribution in [2.24, 2.45) is 0 Å². The van der Waals surface area contributed by atoms with Gasteiger partial charge in [-0.15, -0.1) is 0 Å². The molecular weight excluding hydrogens is 430 g/mol. The number of fused-ring (bicyclic) bond motifs is 1. The van der Waals surface area contributed by atoms with Gasteiger partial charge in [-0.05, 0) is 43.7 Å². The Morgan fingerprint density at radius 3 is 2.29 bits per heavy atom. The van der Waals surface area contributed by atoms with E-state index in [0.717, 1.165) is 44.5 Å². The van der Waals surface area contributed by atoms with E-state index >= 15 is 0 Å². The molecule has 4 aromatic rings. The van der Waals surface area contributed by atoms with Gasteiger partial charge in [-0.3, -0.25) is 4.79 Å². The zero-order valence-electron chi connectivity index (χ0n) is 19.9. The highest BCUT2D eigenvalue weighted by Crippen LogP contribution is 2.42. The molecule has 0 atom stereocenters. The van der Waals surface area contributed by atoms with E-state index in [0.29, 0.717) is 17.2 Å². The Balaban J connectivity index is 1.79. The van der Waals surface area contributed by atoms with E-state index in [-0.39, 0.29) is 5.91 Å². The molecule has 0 saturated heterocycles. The smallest absolute Gasteiger partial charge is 0.248 e. The standard InChI is InChI=1S/C28H27NO5/c1-17(14-26(30)29-23-11-7-9-13-25(23)32-4)20-15-21-22(19-10-6-8-12-24(19)31-3)16-34-28(21)18(2)27(20)33-5/h6-16H,1-5H3,(H,29,30)/b17-14+. The number of amides is 1. The van der Waals surface area contributed by atoms with E-state index in [1.54, 1.807) is 45.8 Å². The predicted molar refractivity (Wildman–Crippen MR) is 135 cm³/mol. The first-order valence-electron chi connectivity index (χ1n) is 10.8. The minimum atomic E-state index is -0.265. The number of carbonyl (C=O) groups excluding carboxylic acids is 1. The van der Waals surface area contributed by atoms with Crippen molar-refractivity contribution in [1.82, 2.24) is 0 Å². The number of aryl methyl sites for hydroxylation is 1. The van der Waals surface area contributed by atoms with Crippen molar-refractivity contribution in [3.05, 3.63) is 78.1 Å². The molecule has 0 fully saturated rings. The summed E-state index contributed by atoms with van der Waals surface area (Å²) in [7, 11) is 4.83. The van der Waals surface area contributed by atoms with Gasteiger partial charge in [0, 0.05) is 33.7 Å². The maximum Gasteiger partial charge on any atom is 0.248 e. The van der Waals surface area contributed by atoms with Crippen molar-refractivity contribution in [2.75, 3.05) is 26.6 Å². The highest BCUT2D eigenvalue weighted by Gasteiger charge is 2.20. The van der Waals surface area contributed by atoms with Gasteiger partial charge in [-0.1, -0.05) is 30.3 Å². The van der Waals surface area contributed by atoms with Crippen LogP contribution in [0.4, 0.5) is 5.69 Å². The molecule has 0 aliphatic rings. The minimum absolute atomic E-state index is 0.265. The monoisotopic (exact) mass is 457 g/mol. The number of allylic oxidation sites excluding steroid dienone is 1. The third-order valence-corrected chi connectivity index (χ3v) is 5.78. The van der Waals surface area contributed by atoms with Gasteiger partial charge in [0.05, 0.1) is 33.3 Å². The number of benzene rings is 3. The van der Waals surface area contributed by atoms with E-state index in [9.17, 15) is 4.79 Å². The average Bonchev–Trinajstić information content (AvgIpc) is 3.28. The van der Waals surface area contributed by atoms with E-state index in [2.05, 4.69) is 5.32 Å². The van der Waals surface area contributed by atoms with Gasteiger partial charge < -0.3 is 23.9 Å². The van der Waals surface area contributed by atoms with Crippen LogP contribution < -0.4 is 19.5 Å². The lowest BCUT2D eigenvalue weighted by molar-refractivity contribution is -0.111. The molecule has 1 aromatic heterocycles. The Kier molecular flexibility index (Phi) is 6.59. The second kappa shape index (κ2) is 9.75. The van der Waals surface area contributed by atoms with Gasteiger partial charge in [0.1, 0.15) is 22.8 Å². The second-order valence-electron chi connectivity index (χ2n) is 7.83. The van der Waals surface area contributed by atoms with Gasteiger partial charge in [0.15, 0.2) is 0 Å². The summed E-state index contributed by atoms with van der Waals surface area (Å²) in [5.74, 6) is 1.74. The summed E-state index contributed by atoms with van der Waals surface area (Å²) in [4.78, 5) is 12.8. The number of carbonyl (C=O) groups is 1. The highest BCUT2D eigenvalue weighted by atomic mass is 16.5. The number of ether oxygens (including phenoxy) is 3. The molecule has 174 valence electrons. The van der Waals surface area contributed by atoms with Crippen molar-refractivity contribution in [2.45, 2.75) is 13.8 Å². The van der Waals surface area contributed by atoms with Crippen LogP contribution in [0, 0.1) is 6.92 Å². The SMILES string of the molecule is COc1ccccc1NC(=O)/C=C(\C)c1cc2c(-c3ccccc3OC)coc2c(C)c1OC. The summed E-state index contributed by atoms with van der Waals surface area (Å²) in [6.45, 7) is 3.83. The Labute approximate surface area is 198 Å². The van der Waals surface area contributed by atoms with Crippen LogP contribution in [-0.2, 0) is 4.79 Å². The molecular formula is C28H27NO5. The number of anilines is 1. The van der Waals surface area contributed by atoms with E-state index in [1.165, 1.54) is 0 Å². The predicted octanol–water partition coefficient (Wildman–Crippen LogP) is 6.48. The average molecular weight is 458 g/mol. The number of para-hydroxylation sites is 3. The quantitative estimate of drug-likeness (QED) is 0.322. The first-order valence-corrected chi connectivity index (χ1v) is 10.8. The van der Waals surface area contributed by atoms with E-state index in [4.69, 9.17) is 18.6 Å². The van der Waals surface area contributed by atoms with Gasteiger partial charge in [-0.2, -0.15) is 0 Å². The lowest BCUT2D eigenvalue weighted by Gasteiger charge is -2.14. The van der Waals surface area contributed by atoms with Gasteiger partial charge >= 0.3 is 0 Å². The molecule has 1 N–H and O–H groups in total. The first kappa shape index (κ1) is 23.0. The number of hydrogen-bond donors (Lipinski definition) is 1. The van der Waals surface area contributed by atoms with Crippen LogP contribution in [0.2, 0.25) is 0 Å². The van der Waals surface area contributed by atoms with E-state index < -0.39 is 0 Å². The molecule has 4 rings (SSSR count). The molecule has 6 heteroatoms. The van der Waals surface area contributed by atoms with Crippen LogP contribution in [0.1, 0.15) is 18.1 Å². The fourth-order valence-electron chi connectivity index (χ4n) is 4.14. The fourth-order valence-corrected chi connectivity index (χ4v) is 4.14. The van der Waals surface area contributed by atoms with Gasteiger partial charge in [0.2, 0.25) is 5.91 Å². The minimum Gasteiger partial charge on any atom is -0.496 e. The maximum atomic E-state index is 12.8. The zero-order valence-corrected chi connectivity index (χ0v) is 19.9. The Morgan fingerprint density at radius 2 is 1.59 bits per heavy atom. The largest absolute Gasteiger partial charge is 0.496 e. The number of furan rings is 1. The summed E-state index contributed by atoms with van der Waals surface area (Å²) in [6.07, 6.45) is 3.28. The molecule has 34 heavy (non-hydrogen) atoms. The van der Waals surface area contributed by atoms with Crippen molar-refractivity contribution < 1.29 is 23.4 Å². The van der Waals surface area contributed by atoms with Gasteiger partial charge in [-0.25, -0.2) is 0 Å². The summed E-state index contributed by atoms with van der Waals surface area (Å²) in [6, 6.07) is 17.1. The summed E-state index contributed by atoms with van der Waals surface area (Å²) < 4.78 is 22.6. The number of rotatable bonds is 7. The van der Waals surface area contributed by atoms with Crippen LogP contribution >= 0.6 is 0 Å². The lowest BCUT2D eigenvalue weighted by atomic mass is 9.96. The second-order valence-corrected chi connectivity index (χ2v) is 7.83. The molecule has 1 heterocycles. The summed E-state index contributed by atoms with van der Waals surface area (Å²) in [5.41, 5.74) is 5.58. The third kappa shape index (κ3) is 4.22. The topological polar surface area (TPSA) is 69.9 Å². The van der Waals surface area contributed by atoms with Crippen LogP contribution in [-0.4, -0.2) is 27.2 Å². The number of hydrogen-bond acceptors (Lipinski definition) is 5. The molecule has 3 aromatic carbocycles. The van der Waals surface area contributed by atoms with Gasteiger partial charge in [0.25, 0.3) is 0 Å². The lowest BCUT2D eigenvalue weighted by Crippen LogP contribution is -2.09.